The molecule has 0 saturated heterocycles. The van der Waals surface area contributed by atoms with Crippen molar-refractivity contribution in [1.82, 2.24) is 0 Å². The number of rotatable bonds is 5. The number of para-hydroxylation sites is 2. The van der Waals surface area contributed by atoms with E-state index in [-0.39, 0.29) is 5.92 Å². The number of carbonyl (C=O) groups is 2. The Bertz CT molecular complexity index is 951. The number of nitrogens with one attached hydrogen (secondary N) is 2. The highest BCUT2D eigenvalue weighted by atomic mass is 16.5. The minimum Gasteiger partial charge on any atom is -0.457 e. The Hall–Kier alpha value is -3.60. The molecule has 5 heteroatoms. The predicted octanol–water partition coefficient (Wildman–Crippen LogP) is 5.18. The zero-order valence-corrected chi connectivity index (χ0v) is 15.8. The van der Waals surface area contributed by atoms with Gasteiger partial charge in [0, 0.05) is 11.4 Å². The summed E-state index contributed by atoms with van der Waals surface area (Å²) in [5.74, 6) is 0.159. The smallest absolute Gasteiger partial charge is 0.314 e. The summed E-state index contributed by atoms with van der Waals surface area (Å²) < 4.78 is 5.71. The van der Waals surface area contributed by atoms with Crippen molar-refractivity contribution < 1.29 is 14.3 Å². The fraction of sp³-hybridized carbons (Fsp3) is 0.130. The van der Waals surface area contributed by atoms with Crippen LogP contribution in [0.5, 0.6) is 11.5 Å². The average Bonchev–Trinajstić information content (AvgIpc) is 2.70. The summed E-state index contributed by atoms with van der Waals surface area (Å²) in [6, 6.07) is 23.7. The molecule has 0 spiro atoms. The summed E-state index contributed by atoms with van der Waals surface area (Å²) in [6.45, 7) is 4.06. The maximum absolute atomic E-state index is 12.3. The number of hydrogen-bond acceptors (Lipinski definition) is 3. The zero-order valence-electron chi connectivity index (χ0n) is 15.8. The van der Waals surface area contributed by atoms with Crippen LogP contribution in [0.3, 0.4) is 0 Å². The van der Waals surface area contributed by atoms with E-state index in [1.807, 2.05) is 62.4 Å². The highest BCUT2D eigenvalue weighted by Crippen LogP contribution is 2.24. The monoisotopic (exact) mass is 374 g/mol. The van der Waals surface area contributed by atoms with Gasteiger partial charge in [0.05, 0.1) is 0 Å². The van der Waals surface area contributed by atoms with Crippen molar-refractivity contribution >= 4 is 23.2 Å². The molecule has 142 valence electrons. The number of carbonyl (C=O) groups excluding carboxylic acids is 2. The Morgan fingerprint density at radius 2 is 1.29 bits per heavy atom. The molecule has 0 aliphatic rings. The lowest BCUT2D eigenvalue weighted by Crippen LogP contribution is -2.29. The zero-order chi connectivity index (χ0) is 19.9. The molecule has 0 aromatic heterocycles. The molecule has 0 heterocycles. The largest absolute Gasteiger partial charge is 0.457 e. The number of benzene rings is 3. The molecular weight excluding hydrogens is 352 g/mol. The van der Waals surface area contributed by atoms with Crippen LogP contribution in [-0.2, 0) is 9.59 Å². The first-order chi connectivity index (χ1) is 13.5. The van der Waals surface area contributed by atoms with E-state index in [9.17, 15) is 9.59 Å². The highest BCUT2D eigenvalue weighted by molar-refractivity contribution is 6.43. The van der Waals surface area contributed by atoms with E-state index in [0.717, 1.165) is 11.3 Å². The predicted molar refractivity (Wildman–Crippen MR) is 111 cm³/mol. The molecule has 5 nitrogen and oxygen atoms in total. The number of hydrogen-bond donors (Lipinski definition) is 2. The van der Waals surface area contributed by atoms with Gasteiger partial charge in [0.2, 0.25) is 0 Å². The lowest BCUT2D eigenvalue weighted by Gasteiger charge is -2.13. The molecule has 0 fully saturated rings. The molecule has 0 atom stereocenters. The van der Waals surface area contributed by atoms with Crippen LogP contribution >= 0.6 is 0 Å². The van der Waals surface area contributed by atoms with E-state index in [1.165, 1.54) is 0 Å². The van der Waals surface area contributed by atoms with Gasteiger partial charge in [-0.25, -0.2) is 0 Å². The first kappa shape index (κ1) is 19.2. The van der Waals surface area contributed by atoms with E-state index in [1.54, 1.807) is 30.3 Å². The number of ether oxygens (including phenoxy) is 1. The van der Waals surface area contributed by atoms with Gasteiger partial charge in [0.25, 0.3) is 0 Å². The highest BCUT2D eigenvalue weighted by Gasteiger charge is 2.16. The molecule has 3 aromatic rings. The SMILES string of the molecule is CC(C)c1ccccc1NC(=O)C(=O)Nc1ccc(Oc2ccccc2)cc1. The van der Waals surface area contributed by atoms with Gasteiger partial charge in [-0.2, -0.15) is 0 Å². The molecule has 2 N–H and O–H groups in total. The van der Waals surface area contributed by atoms with E-state index in [2.05, 4.69) is 10.6 Å². The van der Waals surface area contributed by atoms with E-state index >= 15 is 0 Å². The Balaban J connectivity index is 1.60. The first-order valence-corrected chi connectivity index (χ1v) is 9.07. The van der Waals surface area contributed by atoms with Crippen molar-refractivity contribution in [2.24, 2.45) is 0 Å². The van der Waals surface area contributed by atoms with Crippen molar-refractivity contribution in [3.05, 3.63) is 84.4 Å². The minimum absolute atomic E-state index is 0.233. The second-order valence-corrected chi connectivity index (χ2v) is 6.59. The Kier molecular flexibility index (Phi) is 6.07. The molecule has 0 aliphatic carbocycles. The van der Waals surface area contributed by atoms with Crippen LogP contribution in [0.15, 0.2) is 78.9 Å². The second-order valence-electron chi connectivity index (χ2n) is 6.59. The van der Waals surface area contributed by atoms with E-state index in [4.69, 9.17) is 4.74 Å². The van der Waals surface area contributed by atoms with Crippen LogP contribution in [0.1, 0.15) is 25.3 Å². The number of amides is 2. The third-order valence-corrected chi connectivity index (χ3v) is 4.13. The van der Waals surface area contributed by atoms with Crippen molar-refractivity contribution in [3.63, 3.8) is 0 Å². The third-order valence-electron chi connectivity index (χ3n) is 4.13. The first-order valence-electron chi connectivity index (χ1n) is 9.07. The maximum atomic E-state index is 12.3. The van der Waals surface area contributed by atoms with Gasteiger partial charge in [-0.05, 0) is 53.9 Å². The molecule has 28 heavy (non-hydrogen) atoms. The van der Waals surface area contributed by atoms with Crippen LogP contribution in [0.25, 0.3) is 0 Å². The Morgan fingerprint density at radius 3 is 1.96 bits per heavy atom. The number of anilines is 2. The van der Waals surface area contributed by atoms with Gasteiger partial charge >= 0.3 is 11.8 Å². The molecule has 0 bridgehead atoms. The Labute approximate surface area is 164 Å². The Morgan fingerprint density at radius 1 is 0.714 bits per heavy atom. The van der Waals surface area contributed by atoms with Gasteiger partial charge in [-0.1, -0.05) is 50.2 Å². The van der Waals surface area contributed by atoms with Crippen LogP contribution in [-0.4, -0.2) is 11.8 Å². The maximum Gasteiger partial charge on any atom is 0.314 e. The molecule has 3 aromatic carbocycles. The van der Waals surface area contributed by atoms with Crippen molar-refractivity contribution in [2.75, 3.05) is 10.6 Å². The van der Waals surface area contributed by atoms with Gasteiger partial charge in [-0.15, -0.1) is 0 Å². The van der Waals surface area contributed by atoms with Crippen LogP contribution in [0, 0.1) is 0 Å². The van der Waals surface area contributed by atoms with Gasteiger partial charge in [0.15, 0.2) is 0 Å². The van der Waals surface area contributed by atoms with Gasteiger partial charge in [-0.3, -0.25) is 9.59 Å². The molecule has 0 radical (unpaired) electrons. The fourth-order valence-electron chi connectivity index (χ4n) is 2.71. The molecule has 0 saturated carbocycles. The van der Waals surface area contributed by atoms with E-state index < -0.39 is 11.8 Å². The average molecular weight is 374 g/mol. The summed E-state index contributed by atoms with van der Waals surface area (Å²) in [7, 11) is 0. The fourth-order valence-corrected chi connectivity index (χ4v) is 2.71. The summed E-state index contributed by atoms with van der Waals surface area (Å²) >= 11 is 0. The van der Waals surface area contributed by atoms with Gasteiger partial charge < -0.3 is 15.4 Å². The topological polar surface area (TPSA) is 67.4 Å². The molecular formula is C23H22N2O3. The van der Waals surface area contributed by atoms with Crippen LogP contribution in [0.2, 0.25) is 0 Å². The molecule has 0 unspecified atom stereocenters. The summed E-state index contributed by atoms with van der Waals surface area (Å²) in [6.07, 6.45) is 0. The molecule has 2 amide bonds. The summed E-state index contributed by atoms with van der Waals surface area (Å²) in [5.41, 5.74) is 2.13. The lowest BCUT2D eigenvalue weighted by molar-refractivity contribution is -0.133. The third kappa shape index (κ3) is 4.98. The van der Waals surface area contributed by atoms with Gasteiger partial charge in [0.1, 0.15) is 11.5 Å². The standard InChI is InChI=1S/C23H22N2O3/c1-16(2)20-10-6-7-11-21(20)25-23(27)22(26)24-17-12-14-19(15-13-17)28-18-8-4-3-5-9-18/h3-16H,1-2H3,(H,24,26)(H,25,27). The molecule has 3 rings (SSSR count). The van der Waals surface area contributed by atoms with Crippen molar-refractivity contribution in [3.8, 4) is 11.5 Å². The summed E-state index contributed by atoms with van der Waals surface area (Å²) in [5, 5.41) is 5.28. The molecule has 0 aliphatic heterocycles. The van der Waals surface area contributed by atoms with Crippen LogP contribution in [0.4, 0.5) is 11.4 Å². The van der Waals surface area contributed by atoms with E-state index in [0.29, 0.717) is 17.1 Å². The second kappa shape index (κ2) is 8.86. The van der Waals surface area contributed by atoms with Crippen LogP contribution < -0.4 is 15.4 Å². The normalized spacial score (nSPS) is 10.4. The van der Waals surface area contributed by atoms with Crippen molar-refractivity contribution in [1.29, 1.82) is 0 Å². The quantitative estimate of drug-likeness (QED) is 0.605. The summed E-state index contributed by atoms with van der Waals surface area (Å²) in [4.78, 5) is 24.5. The lowest BCUT2D eigenvalue weighted by atomic mass is 10.0. The minimum atomic E-state index is -0.727. The van der Waals surface area contributed by atoms with Crippen molar-refractivity contribution in [2.45, 2.75) is 19.8 Å².